The fraction of sp³-hybridized carbons (Fsp3) is 0.600. The van der Waals surface area contributed by atoms with Crippen LogP contribution < -0.4 is 15.4 Å². The Morgan fingerprint density at radius 1 is 1.12 bits per heavy atom. The second-order valence-electron chi connectivity index (χ2n) is 8.55. The number of hydrogen-bond donors (Lipinski definition) is 2. The average molecular weight is 569 g/mol. The van der Waals surface area contributed by atoms with Gasteiger partial charge in [-0.25, -0.2) is 0 Å². The average Bonchev–Trinajstić information content (AvgIpc) is 3.06. The summed E-state index contributed by atoms with van der Waals surface area (Å²) in [4.78, 5) is 7.57. The summed E-state index contributed by atoms with van der Waals surface area (Å²) in [6.45, 7) is 11.0. The number of methoxy groups -OCH3 is 1. The molecule has 0 aliphatic carbocycles. The van der Waals surface area contributed by atoms with Crippen LogP contribution in [0, 0.1) is 13.8 Å². The maximum Gasteiger partial charge on any atom is 0.191 e. The number of benzene rings is 1. The lowest BCUT2D eigenvalue weighted by Crippen LogP contribution is -2.40. The van der Waals surface area contributed by atoms with Gasteiger partial charge in [0, 0.05) is 25.8 Å². The minimum Gasteiger partial charge on any atom is -0.497 e. The summed E-state index contributed by atoms with van der Waals surface area (Å²) in [7, 11) is 3.72. The van der Waals surface area contributed by atoms with Crippen molar-refractivity contribution in [1.29, 1.82) is 0 Å². The predicted octanol–water partition coefficient (Wildman–Crippen LogP) is 3.99. The number of rotatable bonds is 9. The molecule has 3 rings (SSSR count). The van der Waals surface area contributed by atoms with Crippen LogP contribution in [-0.2, 0) is 13.5 Å². The molecule has 1 saturated heterocycles. The molecule has 2 N–H and O–H groups in total. The Morgan fingerprint density at radius 3 is 2.39 bits per heavy atom. The van der Waals surface area contributed by atoms with E-state index in [1.807, 2.05) is 11.7 Å². The third kappa shape index (κ3) is 7.60. The predicted molar refractivity (Wildman–Crippen MR) is 147 cm³/mol. The number of aliphatic imine (C=N–C) groups is 1. The van der Waals surface area contributed by atoms with E-state index in [2.05, 4.69) is 65.7 Å². The first-order valence-electron chi connectivity index (χ1n) is 11.9. The molecule has 1 fully saturated rings. The van der Waals surface area contributed by atoms with Crippen LogP contribution in [-0.4, -0.2) is 60.5 Å². The normalized spacial score (nSPS) is 15.6. The molecule has 7 nitrogen and oxygen atoms in total. The molecule has 2 aromatic rings. The molecular formula is C25H41IN6O. The molecule has 0 spiro atoms. The highest BCUT2D eigenvalue weighted by Crippen LogP contribution is 2.26. The fourth-order valence-corrected chi connectivity index (χ4v) is 4.49. The van der Waals surface area contributed by atoms with E-state index < -0.39 is 0 Å². The molecular weight excluding hydrogens is 527 g/mol. The van der Waals surface area contributed by atoms with Gasteiger partial charge in [0.15, 0.2) is 5.96 Å². The lowest BCUT2D eigenvalue weighted by atomic mass is 10.0. The van der Waals surface area contributed by atoms with Crippen molar-refractivity contribution in [2.75, 3.05) is 39.8 Å². The largest absolute Gasteiger partial charge is 0.497 e. The number of halogens is 1. The van der Waals surface area contributed by atoms with Crippen LogP contribution in [0.2, 0.25) is 0 Å². The van der Waals surface area contributed by atoms with Crippen LogP contribution >= 0.6 is 24.0 Å². The molecule has 0 bridgehead atoms. The summed E-state index contributed by atoms with van der Waals surface area (Å²) >= 11 is 0. The minimum atomic E-state index is 0. The molecule has 184 valence electrons. The first kappa shape index (κ1) is 27.4. The number of aromatic nitrogens is 2. The molecule has 8 heteroatoms. The zero-order valence-corrected chi connectivity index (χ0v) is 23.2. The molecule has 1 aliphatic heterocycles. The van der Waals surface area contributed by atoms with Crippen molar-refractivity contribution < 1.29 is 4.74 Å². The second-order valence-corrected chi connectivity index (χ2v) is 8.55. The van der Waals surface area contributed by atoms with Crippen LogP contribution in [0.3, 0.4) is 0 Å². The first-order valence-corrected chi connectivity index (χ1v) is 11.9. The van der Waals surface area contributed by atoms with Crippen molar-refractivity contribution in [1.82, 2.24) is 25.3 Å². The van der Waals surface area contributed by atoms with E-state index >= 15 is 0 Å². The smallest absolute Gasteiger partial charge is 0.191 e. The highest BCUT2D eigenvalue weighted by Gasteiger charge is 2.22. The molecule has 0 saturated carbocycles. The van der Waals surface area contributed by atoms with Crippen LogP contribution in [0.15, 0.2) is 29.3 Å². The van der Waals surface area contributed by atoms with Crippen LogP contribution in [0.4, 0.5) is 0 Å². The zero-order chi connectivity index (χ0) is 22.9. The van der Waals surface area contributed by atoms with E-state index in [1.165, 1.54) is 36.1 Å². The maximum absolute atomic E-state index is 5.36. The number of guanidine groups is 1. The molecule has 0 amide bonds. The zero-order valence-electron chi connectivity index (χ0n) is 20.9. The van der Waals surface area contributed by atoms with Gasteiger partial charge >= 0.3 is 0 Å². The SMILES string of the molecule is CCNC(=NCC(c1ccc(OC)cc1)N1CCCCC1)NCCc1c(C)nn(C)c1C.I. The fourth-order valence-electron chi connectivity index (χ4n) is 4.49. The maximum atomic E-state index is 5.36. The van der Waals surface area contributed by atoms with Gasteiger partial charge in [0.2, 0.25) is 0 Å². The Balaban J connectivity index is 0.00000385. The lowest BCUT2D eigenvalue weighted by molar-refractivity contribution is 0.167. The van der Waals surface area contributed by atoms with Gasteiger partial charge < -0.3 is 15.4 Å². The van der Waals surface area contributed by atoms with Crippen LogP contribution in [0.25, 0.3) is 0 Å². The van der Waals surface area contributed by atoms with Gasteiger partial charge in [0.05, 0.1) is 25.4 Å². The number of nitrogens with zero attached hydrogens (tertiary/aromatic N) is 4. The van der Waals surface area contributed by atoms with Gasteiger partial charge in [-0.2, -0.15) is 5.10 Å². The molecule has 33 heavy (non-hydrogen) atoms. The van der Waals surface area contributed by atoms with Gasteiger partial charge in [-0.1, -0.05) is 18.6 Å². The monoisotopic (exact) mass is 568 g/mol. The van der Waals surface area contributed by atoms with Gasteiger partial charge in [0.1, 0.15) is 5.75 Å². The van der Waals surface area contributed by atoms with Crippen molar-refractivity contribution >= 4 is 29.9 Å². The topological polar surface area (TPSA) is 66.7 Å². The number of hydrogen-bond acceptors (Lipinski definition) is 4. The van der Waals surface area contributed by atoms with Gasteiger partial charge in [-0.3, -0.25) is 14.6 Å². The van der Waals surface area contributed by atoms with Gasteiger partial charge in [-0.05, 0) is 76.4 Å². The van der Waals surface area contributed by atoms with Crippen molar-refractivity contribution in [3.05, 3.63) is 46.8 Å². The standard InChI is InChI=1S/C25H40N6O.HI/c1-6-26-25(27-15-14-23-19(2)29-30(4)20(23)3)28-18-24(31-16-8-7-9-17-31)21-10-12-22(32-5)13-11-21;/h10-13,24H,6-9,14-18H2,1-5H3,(H2,26,27,28);1H. The summed E-state index contributed by atoms with van der Waals surface area (Å²) in [5, 5.41) is 11.5. The summed E-state index contributed by atoms with van der Waals surface area (Å²) in [6, 6.07) is 8.75. The molecule has 1 aromatic carbocycles. The molecule has 0 radical (unpaired) electrons. The molecule has 1 unspecified atom stereocenters. The summed E-state index contributed by atoms with van der Waals surface area (Å²) in [5.41, 5.74) is 4.96. The summed E-state index contributed by atoms with van der Waals surface area (Å²) in [6.07, 6.45) is 4.79. The summed E-state index contributed by atoms with van der Waals surface area (Å²) < 4.78 is 7.32. The lowest BCUT2D eigenvalue weighted by Gasteiger charge is -2.34. The third-order valence-corrected chi connectivity index (χ3v) is 6.42. The Morgan fingerprint density at radius 2 is 1.82 bits per heavy atom. The highest BCUT2D eigenvalue weighted by atomic mass is 127. The quantitative estimate of drug-likeness (QED) is 0.272. The first-order chi connectivity index (χ1) is 15.5. The van der Waals surface area contributed by atoms with Crippen molar-refractivity contribution in [3.8, 4) is 5.75 Å². The Bertz CT molecular complexity index is 874. The van der Waals surface area contributed by atoms with Crippen molar-refractivity contribution in [2.24, 2.45) is 12.0 Å². The molecule has 1 atom stereocenters. The van der Waals surface area contributed by atoms with Crippen LogP contribution in [0.1, 0.15) is 54.7 Å². The Hall–Kier alpha value is -1.81. The number of likely N-dealkylation sites (tertiary alicyclic amines) is 1. The van der Waals surface area contributed by atoms with E-state index in [0.717, 1.165) is 56.5 Å². The Labute approximate surface area is 216 Å². The molecule has 1 aliphatic rings. The van der Waals surface area contributed by atoms with E-state index in [1.54, 1.807) is 7.11 Å². The number of nitrogens with one attached hydrogen (secondary N) is 2. The van der Waals surface area contributed by atoms with Crippen LogP contribution in [0.5, 0.6) is 5.75 Å². The van der Waals surface area contributed by atoms with E-state index in [-0.39, 0.29) is 30.0 Å². The molecule has 1 aromatic heterocycles. The van der Waals surface area contributed by atoms with E-state index in [9.17, 15) is 0 Å². The van der Waals surface area contributed by atoms with E-state index in [0.29, 0.717) is 0 Å². The third-order valence-electron chi connectivity index (χ3n) is 6.42. The second kappa shape index (κ2) is 13.8. The molecule has 2 heterocycles. The highest BCUT2D eigenvalue weighted by molar-refractivity contribution is 14.0. The minimum absolute atomic E-state index is 0. The van der Waals surface area contributed by atoms with Crippen molar-refractivity contribution in [3.63, 3.8) is 0 Å². The van der Waals surface area contributed by atoms with Crippen molar-refractivity contribution in [2.45, 2.75) is 52.5 Å². The number of ether oxygens (including phenoxy) is 1. The summed E-state index contributed by atoms with van der Waals surface area (Å²) in [5.74, 6) is 1.77. The Kier molecular flexibility index (Phi) is 11.5. The van der Waals surface area contributed by atoms with Gasteiger partial charge in [-0.15, -0.1) is 24.0 Å². The number of aryl methyl sites for hydroxylation is 2. The van der Waals surface area contributed by atoms with Gasteiger partial charge in [0.25, 0.3) is 0 Å². The number of piperidine rings is 1. The van der Waals surface area contributed by atoms with E-state index in [4.69, 9.17) is 9.73 Å².